The van der Waals surface area contributed by atoms with Crippen LogP contribution in [0.5, 0.6) is 0 Å². The molecule has 2 heterocycles. The number of aromatic nitrogens is 4. The Bertz CT molecular complexity index is 540. The maximum absolute atomic E-state index is 4.54. The molecular weight excluding hydrogens is 250 g/mol. The van der Waals surface area contributed by atoms with Crippen molar-refractivity contribution in [2.45, 2.75) is 59.8 Å². The minimum atomic E-state index is 0.284. The summed E-state index contributed by atoms with van der Waals surface area (Å²) in [4.78, 5) is 0. The molecule has 0 bridgehead atoms. The number of hydrogen-bond acceptors (Lipinski definition) is 3. The Morgan fingerprint density at radius 1 is 1.35 bits per heavy atom. The summed E-state index contributed by atoms with van der Waals surface area (Å²) in [7, 11) is 0. The summed E-state index contributed by atoms with van der Waals surface area (Å²) in [6, 6.07) is 2.36. The van der Waals surface area contributed by atoms with Crippen molar-refractivity contribution in [1.29, 1.82) is 0 Å². The van der Waals surface area contributed by atoms with Crippen molar-refractivity contribution >= 4 is 0 Å². The first-order valence-corrected chi connectivity index (χ1v) is 7.43. The molecule has 0 radical (unpaired) electrons. The normalized spacial score (nSPS) is 12.8. The molecule has 0 aromatic carbocycles. The summed E-state index contributed by atoms with van der Waals surface area (Å²) in [5.41, 5.74) is 3.59. The van der Waals surface area contributed by atoms with Crippen LogP contribution in [0.15, 0.2) is 18.5 Å². The van der Waals surface area contributed by atoms with Crippen LogP contribution >= 0.6 is 0 Å². The van der Waals surface area contributed by atoms with E-state index >= 15 is 0 Å². The lowest BCUT2D eigenvalue weighted by molar-refractivity contribution is 0.543. The molecule has 1 atom stereocenters. The van der Waals surface area contributed by atoms with Gasteiger partial charge in [0.15, 0.2) is 0 Å². The van der Waals surface area contributed by atoms with Crippen LogP contribution in [0.2, 0.25) is 0 Å². The molecule has 2 aromatic heterocycles. The van der Waals surface area contributed by atoms with Crippen molar-refractivity contribution in [2.24, 2.45) is 0 Å². The van der Waals surface area contributed by atoms with E-state index in [0.717, 1.165) is 31.7 Å². The first kappa shape index (κ1) is 14.8. The first-order valence-electron chi connectivity index (χ1n) is 7.43. The maximum Gasteiger partial charge on any atom is 0.0762 e. The average Bonchev–Trinajstić information content (AvgIpc) is 3.03. The molecule has 0 saturated carbocycles. The highest BCUT2D eigenvalue weighted by molar-refractivity contribution is 5.20. The quantitative estimate of drug-likeness (QED) is 0.845. The van der Waals surface area contributed by atoms with Crippen LogP contribution in [0, 0.1) is 6.92 Å². The third-order valence-electron chi connectivity index (χ3n) is 3.65. The standard InChI is InChI=1S/C15H25N5/c1-5-8-19-9-7-14(18-19)10-16-12(3)15-11-17-20(6-2)13(15)4/h7,9,11-12,16H,5-6,8,10H2,1-4H3. The van der Waals surface area contributed by atoms with Gasteiger partial charge in [0.2, 0.25) is 0 Å². The van der Waals surface area contributed by atoms with E-state index in [-0.39, 0.29) is 6.04 Å². The minimum absolute atomic E-state index is 0.284. The van der Waals surface area contributed by atoms with Gasteiger partial charge in [-0.2, -0.15) is 10.2 Å². The predicted molar refractivity (Wildman–Crippen MR) is 80.4 cm³/mol. The lowest BCUT2D eigenvalue weighted by Crippen LogP contribution is -2.19. The molecule has 0 spiro atoms. The molecule has 0 fully saturated rings. The second-order valence-electron chi connectivity index (χ2n) is 5.17. The van der Waals surface area contributed by atoms with Crippen LogP contribution in [0.1, 0.15) is 50.2 Å². The molecule has 20 heavy (non-hydrogen) atoms. The number of hydrogen-bond donors (Lipinski definition) is 1. The van der Waals surface area contributed by atoms with E-state index in [0.29, 0.717) is 0 Å². The first-order chi connectivity index (χ1) is 9.65. The minimum Gasteiger partial charge on any atom is -0.304 e. The van der Waals surface area contributed by atoms with E-state index < -0.39 is 0 Å². The molecular formula is C15H25N5. The van der Waals surface area contributed by atoms with E-state index in [1.165, 1.54) is 11.3 Å². The van der Waals surface area contributed by atoms with E-state index in [1.54, 1.807) is 0 Å². The van der Waals surface area contributed by atoms with Crippen LogP contribution in [0.3, 0.4) is 0 Å². The highest BCUT2D eigenvalue weighted by Gasteiger charge is 2.12. The zero-order valence-electron chi connectivity index (χ0n) is 12.9. The molecule has 110 valence electrons. The largest absolute Gasteiger partial charge is 0.304 e. The molecule has 0 saturated heterocycles. The molecule has 1 unspecified atom stereocenters. The van der Waals surface area contributed by atoms with Gasteiger partial charge in [-0.15, -0.1) is 0 Å². The van der Waals surface area contributed by atoms with Crippen LogP contribution in [0.25, 0.3) is 0 Å². The van der Waals surface area contributed by atoms with Crippen LogP contribution in [-0.4, -0.2) is 19.6 Å². The fourth-order valence-corrected chi connectivity index (χ4v) is 2.42. The van der Waals surface area contributed by atoms with E-state index in [1.807, 2.05) is 21.8 Å². The topological polar surface area (TPSA) is 47.7 Å². The van der Waals surface area contributed by atoms with Gasteiger partial charge in [0.05, 0.1) is 11.9 Å². The van der Waals surface area contributed by atoms with Gasteiger partial charge in [0.25, 0.3) is 0 Å². The van der Waals surface area contributed by atoms with Gasteiger partial charge >= 0.3 is 0 Å². The van der Waals surface area contributed by atoms with Gasteiger partial charge in [-0.3, -0.25) is 9.36 Å². The summed E-state index contributed by atoms with van der Waals surface area (Å²) in [5.74, 6) is 0. The number of aryl methyl sites for hydroxylation is 2. The monoisotopic (exact) mass is 275 g/mol. The van der Waals surface area contributed by atoms with E-state index in [9.17, 15) is 0 Å². The van der Waals surface area contributed by atoms with Crippen molar-refractivity contribution in [2.75, 3.05) is 0 Å². The Morgan fingerprint density at radius 3 is 2.80 bits per heavy atom. The Balaban J connectivity index is 1.93. The van der Waals surface area contributed by atoms with Crippen molar-refractivity contribution in [1.82, 2.24) is 24.9 Å². The summed E-state index contributed by atoms with van der Waals surface area (Å²) >= 11 is 0. The predicted octanol–water partition coefficient (Wildman–Crippen LogP) is 2.67. The second-order valence-corrected chi connectivity index (χ2v) is 5.17. The molecule has 0 aliphatic carbocycles. The van der Waals surface area contributed by atoms with E-state index in [2.05, 4.69) is 49.3 Å². The third-order valence-corrected chi connectivity index (χ3v) is 3.65. The highest BCUT2D eigenvalue weighted by Crippen LogP contribution is 2.17. The Morgan fingerprint density at radius 2 is 2.15 bits per heavy atom. The zero-order chi connectivity index (χ0) is 14.5. The smallest absolute Gasteiger partial charge is 0.0762 e. The number of nitrogens with one attached hydrogen (secondary N) is 1. The molecule has 2 rings (SSSR count). The molecule has 0 aliphatic heterocycles. The van der Waals surface area contributed by atoms with Gasteiger partial charge in [-0.25, -0.2) is 0 Å². The molecule has 0 amide bonds. The second kappa shape index (κ2) is 6.70. The summed E-state index contributed by atoms with van der Waals surface area (Å²) in [6.45, 7) is 11.3. The summed E-state index contributed by atoms with van der Waals surface area (Å²) in [6.07, 6.45) is 5.12. The van der Waals surface area contributed by atoms with Gasteiger partial charge < -0.3 is 5.32 Å². The fraction of sp³-hybridized carbons (Fsp3) is 0.600. The fourth-order valence-electron chi connectivity index (χ4n) is 2.42. The Labute approximate surface area is 121 Å². The van der Waals surface area contributed by atoms with Crippen LogP contribution in [-0.2, 0) is 19.6 Å². The Kier molecular flexibility index (Phi) is 4.95. The molecule has 1 N–H and O–H groups in total. The third kappa shape index (κ3) is 3.28. The Hall–Kier alpha value is -1.62. The SMILES string of the molecule is CCCn1ccc(CNC(C)c2cnn(CC)c2C)n1. The van der Waals surface area contributed by atoms with E-state index in [4.69, 9.17) is 0 Å². The molecule has 2 aromatic rings. The molecule has 0 aliphatic rings. The van der Waals surface area contributed by atoms with Crippen molar-refractivity contribution in [3.8, 4) is 0 Å². The van der Waals surface area contributed by atoms with Crippen molar-refractivity contribution in [3.05, 3.63) is 35.4 Å². The molecule has 5 heteroatoms. The maximum atomic E-state index is 4.54. The van der Waals surface area contributed by atoms with Gasteiger partial charge in [-0.1, -0.05) is 6.92 Å². The highest BCUT2D eigenvalue weighted by atomic mass is 15.3. The number of nitrogens with zero attached hydrogens (tertiary/aromatic N) is 4. The average molecular weight is 275 g/mol. The number of rotatable bonds is 7. The van der Waals surface area contributed by atoms with Crippen molar-refractivity contribution < 1.29 is 0 Å². The van der Waals surface area contributed by atoms with Crippen LogP contribution in [0.4, 0.5) is 0 Å². The lowest BCUT2D eigenvalue weighted by atomic mass is 10.1. The zero-order valence-corrected chi connectivity index (χ0v) is 12.9. The van der Waals surface area contributed by atoms with Gasteiger partial charge in [0, 0.05) is 43.1 Å². The van der Waals surface area contributed by atoms with Crippen LogP contribution < -0.4 is 5.32 Å². The van der Waals surface area contributed by atoms with Gasteiger partial charge in [0.1, 0.15) is 0 Å². The molecule has 5 nitrogen and oxygen atoms in total. The summed E-state index contributed by atoms with van der Waals surface area (Å²) < 4.78 is 4.03. The lowest BCUT2D eigenvalue weighted by Gasteiger charge is -2.13. The van der Waals surface area contributed by atoms with Crippen molar-refractivity contribution in [3.63, 3.8) is 0 Å². The van der Waals surface area contributed by atoms with Gasteiger partial charge in [-0.05, 0) is 33.3 Å². The summed E-state index contributed by atoms with van der Waals surface area (Å²) in [5, 5.41) is 12.5.